The minimum Gasteiger partial charge on any atom is -0.481 e. The van der Waals surface area contributed by atoms with Crippen LogP contribution in [0, 0.1) is 17.3 Å². The number of carboxylic acid groups (broad SMARTS) is 2. The fourth-order valence-corrected chi connectivity index (χ4v) is 4.14. The summed E-state index contributed by atoms with van der Waals surface area (Å²) in [4.78, 5) is 88.0. The maximum absolute atomic E-state index is 13.4. The number of carbonyl (C=O) groups excluding carboxylic acids is 5. The van der Waals surface area contributed by atoms with Gasteiger partial charge in [0.05, 0.1) is 12.8 Å². The zero-order valence-electron chi connectivity index (χ0n) is 26.0. The van der Waals surface area contributed by atoms with Gasteiger partial charge in [0.15, 0.2) is 0 Å². The lowest BCUT2D eigenvalue weighted by atomic mass is 9.85. The molecule has 14 nitrogen and oxygen atoms in total. The molecule has 0 aromatic rings. The first kappa shape index (κ1) is 38.3. The van der Waals surface area contributed by atoms with Crippen LogP contribution in [0.15, 0.2) is 0 Å². The summed E-state index contributed by atoms with van der Waals surface area (Å²) in [5, 5.41) is 31.0. The molecule has 0 radical (unpaired) electrons. The summed E-state index contributed by atoms with van der Waals surface area (Å²) in [6, 6.07) is -5.68. The summed E-state index contributed by atoms with van der Waals surface area (Å²) in [6.45, 7) is 14.2. The van der Waals surface area contributed by atoms with Crippen LogP contribution in [0.1, 0.15) is 87.5 Å². The molecule has 0 aliphatic rings. The normalized spacial score (nSPS) is 14.2. The summed E-state index contributed by atoms with van der Waals surface area (Å²) < 4.78 is 0. The van der Waals surface area contributed by atoms with Gasteiger partial charge in [0.25, 0.3) is 0 Å². The van der Waals surface area contributed by atoms with Crippen molar-refractivity contribution in [3.63, 3.8) is 0 Å². The number of hydrogen-bond donors (Lipinski definition) is 7. The van der Waals surface area contributed by atoms with E-state index in [4.69, 9.17) is 0 Å². The zero-order chi connectivity index (χ0) is 32.8. The standard InChI is InChI=1S/C28H49N5O9/c1-9-16(10-2)23(37)33-22(28(6,7)8)26(40)31-17(13-20(34)29-11-3)24(38)30-18(14-21(35)36)25(39)32-19(27(41)42)12-15(4)5/h15-19,22H,9-14H2,1-8H3,(H,29,34)(H,30,38)(H,31,40)(H,32,39)(H,33,37)(H,35,36)(H,41,42)/t17-,18-,19-,22+/m0/s1. The lowest BCUT2D eigenvalue weighted by molar-refractivity contribution is -0.144. The van der Waals surface area contributed by atoms with Gasteiger partial charge in [-0.3, -0.25) is 28.8 Å². The molecular weight excluding hydrogens is 550 g/mol. The second-order valence-electron chi connectivity index (χ2n) is 11.7. The molecule has 0 rings (SSSR count). The highest BCUT2D eigenvalue weighted by Gasteiger charge is 2.37. The molecule has 0 unspecified atom stereocenters. The average molecular weight is 600 g/mol. The number of nitrogens with one attached hydrogen (secondary N) is 5. The van der Waals surface area contributed by atoms with Crippen LogP contribution in [0.4, 0.5) is 0 Å². The van der Waals surface area contributed by atoms with Crippen molar-refractivity contribution in [2.24, 2.45) is 17.3 Å². The first-order chi connectivity index (χ1) is 19.4. The Morgan fingerprint density at radius 1 is 0.667 bits per heavy atom. The number of rotatable bonds is 18. The van der Waals surface area contributed by atoms with Crippen molar-refractivity contribution in [2.75, 3.05) is 6.54 Å². The minimum atomic E-state index is -1.70. The van der Waals surface area contributed by atoms with Gasteiger partial charge in [0.1, 0.15) is 24.2 Å². The van der Waals surface area contributed by atoms with E-state index in [2.05, 4.69) is 26.6 Å². The Bertz CT molecular complexity index is 973. The maximum atomic E-state index is 13.4. The van der Waals surface area contributed by atoms with Gasteiger partial charge in [-0.1, -0.05) is 48.5 Å². The Labute approximate surface area is 247 Å². The molecule has 7 N–H and O–H groups in total. The smallest absolute Gasteiger partial charge is 0.326 e. The molecule has 0 fully saturated rings. The van der Waals surface area contributed by atoms with Crippen LogP contribution in [0.5, 0.6) is 0 Å². The number of carbonyl (C=O) groups is 7. The Kier molecular flexibility index (Phi) is 16.4. The molecule has 14 heteroatoms. The van der Waals surface area contributed by atoms with Crippen LogP contribution in [0.25, 0.3) is 0 Å². The summed E-state index contributed by atoms with van der Waals surface area (Å²) in [5.74, 6) is -7.02. The van der Waals surface area contributed by atoms with Gasteiger partial charge < -0.3 is 36.8 Å². The molecule has 0 aromatic heterocycles. The maximum Gasteiger partial charge on any atom is 0.326 e. The van der Waals surface area contributed by atoms with Gasteiger partial charge in [-0.2, -0.15) is 0 Å². The molecular formula is C28H49N5O9. The van der Waals surface area contributed by atoms with Crippen LogP contribution in [-0.4, -0.2) is 82.4 Å². The Morgan fingerprint density at radius 2 is 1.14 bits per heavy atom. The van der Waals surface area contributed by atoms with E-state index in [1.165, 1.54) is 0 Å². The molecule has 0 saturated heterocycles. The van der Waals surface area contributed by atoms with Crippen molar-refractivity contribution in [3.8, 4) is 0 Å². The van der Waals surface area contributed by atoms with Gasteiger partial charge >= 0.3 is 11.9 Å². The van der Waals surface area contributed by atoms with Crippen LogP contribution in [0.3, 0.4) is 0 Å². The summed E-state index contributed by atoms with van der Waals surface area (Å²) in [5.41, 5.74) is -0.799. The van der Waals surface area contributed by atoms with E-state index < -0.39 is 78.0 Å². The molecule has 0 heterocycles. The van der Waals surface area contributed by atoms with Crippen molar-refractivity contribution in [1.82, 2.24) is 26.6 Å². The largest absolute Gasteiger partial charge is 0.481 e. The van der Waals surface area contributed by atoms with E-state index in [1.807, 2.05) is 13.8 Å². The van der Waals surface area contributed by atoms with E-state index in [9.17, 15) is 43.8 Å². The van der Waals surface area contributed by atoms with Crippen LogP contribution >= 0.6 is 0 Å². The van der Waals surface area contributed by atoms with Crippen molar-refractivity contribution >= 4 is 41.5 Å². The second kappa shape index (κ2) is 18.0. The van der Waals surface area contributed by atoms with E-state index in [0.717, 1.165) is 0 Å². The summed E-state index contributed by atoms with van der Waals surface area (Å²) in [6.07, 6.45) is -0.272. The van der Waals surface area contributed by atoms with E-state index >= 15 is 0 Å². The van der Waals surface area contributed by atoms with Crippen molar-refractivity contribution in [3.05, 3.63) is 0 Å². The monoisotopic (exact) mass is 599 g/mol. The number of hydrogen-bond acceptors (Lipinski definition) is 7. The highest BCUT2D eigenvalue weighted by molar-refractivity contribution is 5.98. The van der Waals surface area contributed by atoms with Crippen LogP contribution in [-0.2, 0) is 33.6 Å². The number of amides is 5. The van der Waals surface area contributed by atoms with E-state index in [1.54, 1.807) is 41.5 Å². The molecule has 5 amide bonds. The predicted molar refractivity (Wildman–Crippen MR) is 154 cm³/mol. The van der Waals surface area contributed by atoms with Crippen molar-refractivity contribution in [1.29, 1.82) is 0 Å². The molecule has 0 aliphatic heterocycles. The van der Waals surface area contributed by atoms with Gasteiger partial charge in [-0.15, -0.1) is 0 Å². The predicted octanol–water partition coefficient (Wildman–Crippen LogP) is 0.540. The molecule has 0 saturated carbocycles. The highest BCUT2D eigenvalue weighted by atomic mass is 16.4. The summed E-state index contributed by atoms with van der Waals surface area (Å²) in [7, 11) is 0. The lowest BCUT2D eigenvalue weighted by Gasteiger charge is -2.33. The SMILES string of the molecule is CCNC(=O)C[C@H](NC(=O)[C@@H](NC(=O)C(CC)CC)C(C)(C)C)C(=O)N[C@@H](CC(=O)O)C(=O)N[C@@H](CC(C)C)C(=O)O. The second-order valence-corrected chi connectivity index (χ2v) is 11.7. The van der Waals surface area contributed by atoms with Crippen molar-refractivity contribution in [2.45, 2.75) is 112 Å². The fourth-order valence-electron chi connectivity index (χ4n) is 4.14. The molecule has 0 spiro atoms. The quantitative estimate of drug-likeness (QED) is 0.117. The van der Waals surface area contributed by atoms with Crippen molar-refractivity contribution < 1.29 is 43.8 Å². The zero-order valence-corrected chi connectivity index (χ0v) is 26.0. The molecule has 0 aromatic carbocycles. The van der Waals surface area contributed by atoms with E-state index in [-0.39, 0.29) is 30.7 Å². The summed E-state index contributed by atoms with van der Waals surface area (Å²) >= 11 is 0. The minimum absolute atomic E-state index is 0.0571. The van der Waals surface area contributed by atoms with Crippen LogP contribution in [0.2, 0.25) is 0 Å². The average Bonchev–Trinajstić information content (AvgIpc) is 2.85. The van der Waals surface area contributed by atoms with Crippen LogP contribution < -0.4 is 26.6 Å². The van der Waals surface area contributed by atoms with Gasteiger partial charge in [0.2, 0.25) is 29.5 Å². The number of carboxylic acids is 2. The molecule has 240 valence electrons. The van der Waals surface area contributed by atoms with Gasteiger partial charge in [0, 0.05) is 12.5 Å². The Hall–Kier alpha value is -3.71. The topological polar surface area (TPSA) is 220 Å². The Balaban J connectivity index is 6.16. The molecule has 0 aliphatic carbocycles. The Morgan fingerprint density at radius 3 is 1.55 bits per heavy atom. The first-order valence-electron chi connectivity index (χ1n) is 14.3. The fraction of sp³-hybridized carbons (Fsp3) is 0.750. The highest BCUT2D eigenvalue weighted by Crippen LogP contribution is 2.21. The number of aliphatic carboxylic acids is 2. The van der Waals surface area contributed by atoms with E-state index in [0.29, 0.717) is 12.8 Å². The third kappa shape index (κ3) is 13.8. The molecule has 42 heavy (non-hydrogen) atoms. The van der Waals surface area contributed by atoms with Gasteiger partial charge in [-0.25, -0.2) is 4.79 Å². The molecule has 4 atom stereocenters. The van der Waals surface area contributed by atoms with Gasteiger partial charge in [-0.05, 0) is 37.5 Å². The third-order valence-electron chi connectivity index (χ3n) is 6.50. The first-order valence-corrected chi connectivity index (χ1v) is 14.3. The third-order valence-corrected chi connectivity index (χ3v) is 6.50. The lowest BCUT2D eigenvalue weighted by Crippen LogP contribution is -2.61. The molecule has 0 bridgehead atoms.